The van der Waals surface area contributed by atoms with Crippen LogP contribution in [0.1, 0.15) is 5.82 Å². The normalized spacial score (nSPS) is 11.4. The van der Waals surface area contributed by atoms with Gasteiger partial charge in [0.25, 0.3) is 0 Å². The first-order valence-corrected chi connectivity index (χ1v) is 9.65. The monoisotopic (exact) mass is 411 g/mol. The number of benzene rings is 2. The van der Waals surface area contributed by atoms with Gasteiger partial charge < -0.3 is 15.4 Å². The molecule has 7 nitrogen and oxygen atoms in total. The number of carbonyl (C=O) groups excluding carboxylic acids is 1. The SMILES string of the molecule is COC(=O)/C(N)=C/c1nc(N(C)c2ccccn2)c2c(-c3ccccc3)cccc2n1. The number of nitrogens with two attached hydrogens (primary N) is 1. The first-order valence-electron chi connectivity index (χ1n) is 9.65. The highest BCUT2D eigenvalue weighted by Gasteiger charge is 2.18. The molecule has 7 heteroatoms. The topological polar surface area (TPSA) is 94.2 Å². The maximum absolute atomic E-state index is 11.8. The van der Waals surface area contributed by atoms with E-state index in [-0.39, 0.29) is 5.70 Å². The van der Waals surface area contributed by atoms with Crippen LogP contribution in [0.2, 0.25) is 0 Å². The Morgan fingerprint density at radius 3 is 2.48 bits per heavy atom. The van der Waals surface area contributed by atoms with Crippen molar-refractivity contribution in [3.8, 4) is 11.1 Å². The largest absolute Gasteiger partial charge is 0.464 e. The molecule has 154 valence electrons. The van der Waals surface area contributed by atoms with Crippen LogP contribution in [-0.2, 0) is 9.53 Å². The Hall–Kier alpha value is -4.26. The number of ether oxygens (including phenoxy) is 1. The van der Waals surface area contributed by atoms with E-state index in [1.807, 2.05) is 78.7 Å². The van der Waals surface area contributed by atoms with Crippen molar-refractivity contribution in [2.45, 2.75) is 0 Å². The lowest BCUT2D eigenvalue weighted by atomic mass is 10.0. The number of methoxy groups -OCH3 is 1. The number of aromatic nitrogens is 3. The number of nitrogens with zero attached hydrogens (tertiary/aromatic N) is 4. The van der Waals surface area contributed by atoms with E-state index in [2.05, 4.69) is 14.7 Å². The molecular formula is C24H21N5O2. The van der Waals surface area contributed by atoms with Gasteiger partial charge in [-0.2, -0.15) is 0 Å². The van der Waals surface area contributed by atoms with Gasteiger partial charge in [0.2, 0.25) is 0 Å². The van der Waals surface area contributed by atoms with E-state index in [1.165, 1.54) is 13.2 Å². The van der Waals surface area contributed by atoms with E-state index in [9.17, 15) is 4.79 Å². The highest BCUT2D eigenvalue weighted by atomic mass is 16.5. The van der Waals surface area contributed by atoms with Crippen molar-refractivity contribution in [2.24, 2.45) is 5.73 Å². The van der Waals surface area contributed by atoms with Crippen molar-refractivity contribution >= 4 is 34.6 Å². The van der Waals surface area contributed by atoms with Crippen molar-refractivity contribution in [1.82, 2.24) is 15.0 Å². The number of rotatable bonds is 5. The van der Waals surface area contributed by atoms with Crippen molar-refractivity contribution in [3.63, 3.8) is 0 Å². The van der Waals surface area contributed by atoms with Gasteiger partial charge in [-0.05, 0) is 29.3 Å². The summed E-state index contributed by atoms with van der Waals surface area (Å²) in [7, 11) is 3.17. The molecule has 0 aliphatic rings. The summed E-state index contributed by atoms with van der Waals surface area (Å²) in [4.78, 5) is 27.5. The maximum atomic E-state index is 11.8. The lowest BCUT2D eigenvalue weighted by Crippen LogP contribution is -2.16. The molecule has 4 aromatic rings. The van der Waals surface area contributed by atoms with Crippen LogP contribution in [0.4, 0.5) is 11.6 Å². The highest BCUT2D eigenvalue weighted by Crippen LogP contribution is 2.35. The Morgan fingerprint density at radius 1 is 1.00 bits per heavy atom. The second-order valence-electron chi connectivity index (χ2n) is 6.81. The molecule has 0 radical (unpaired) electrons. The summed E-state index contributed by atoms with van der Waals surface area (Å²) in [5, 5.41) is 0.871. The lowest BCUT2D eigenvalue weighted by Gasteiger charge is -2.21. The van der Waals surface area contributed by atoms with Gasteiger partial charge in [-0.3, -0.25) is 0 Å². The third-order valence-corrected chi connectivity index (χ3v) is 4.82. The quantitative estimate of drug-likeness (QED) is 0.393. The summed E-state index contributed by atoms with van der Waals surface area (Å²) in [5.74, 6) is 1.04. The summed E-state index contributed by atoms with van der Waals surface area (Å²) in [6.45, 7) is 0. The molecule has 2 aromatic heterocycles. The zero-order valence-electron chi connectivity index (χ0n) is 17.2. The van der Waals surface area contributed by atoms with Crippen LogP contribution in [0.15, 0.2) is 78.6 Å². The molecule has 0 unspecified atom stereocenters. The van der Waals surface area contributed by atoms with E-state index in [0.29, 0.717) is 11.6 Å². The predicted octanol–water partition coefficient (Wildman–Crippen LogP) is 3.93. The molecule has 0 spiro atoms. The van der Waals surface area contributed by atoms with E-state index in [1.54, 1.807) is 6.20 Å². The van der Waals surface area contributed by atoms with Crippen LogP contribution >= 0.6 is 0 Å². The Morgan fingerprint density at radius 2 is 1.77 bits per heavy atom. The minimum absolute atomic E-state index is 0.0764. The fourth-order valence-corrected chi connectivity index (χ4v) is 3.32. The molecular weight excluding hydrogens is 390 g/mol. The molecule has 2 heterocycles. The first-order chi connectivity index (χ1) is 15.1. The van der Waals surface area contributed by atoms with Crippen molar-refractivity contribution in [3.05, 3.63) is 84.4 Å². The van der Waals surface area contributed by atoms with Crippen molar-refractivity contribution in [2.75, 3.05) is 19.1 Å². The van der Waals surface area contributed by atoms with Crippen molar-refractivity contribution < 1.29 is 9.53 Å². The number of hydrogen-bond acceptors (Lipinski definition) is 7. The molecule has 0 atom stereocenters. The van der Waals surface area contributed by atoms with Gasteiger partial charge in [0, 0.05) is 19.3 Å². The molecule has 0 amide bonds. The standard InChI is InChI=1S/C24H21N5O2/c1-29(21-13-6-7-14-26-21)23-22-17(16-9-4-3-5-10-16)11-8-12-19(22)27-20(28-23)15-18(25)24(30)31-2/h3-15H,25H2,1-2H3/b18-15-. The Balaban J connectivity index is 1.99. The summed E-state index contributed by atoms with van der Waals surface area (Å²) in [6.07, 6.45) is 3.14. The van der Waals surface area contributed by atoms with E-state index in [4.69, 9.17) is 10.7 Å². The molecule has 0 saturated heterocycles. The van der Waals surface area contributed by atoms with Gasteiger partial charge in [-0.15, -0.1) is 0 Å². The third kappa shape index (κ3) is 4.06. The second kappa shape index (κ2) is 8.62. The number of pyridine rings is 1. The fraction of sp³-hybridized carbons (Fsp3) is 0.0833. The second-order valence-corrected chi connectivity index (χ2v) is 6.81. The van der Waals surface area contributed by atoms with Crippen LogP contribution < -0.4 is 10.6 Å². The molecule has 0 aliphatic carbocycles. The van der Waals surface area contributed by atoms with Gasteiger partial charge in [0.1, 0.15) is 17.3 Å². The zero-order valence-corrected chi connectivity index (χ0v) is 17.2. The van der Waals surface area contributed by atoms with Crippen LogP contribution in [0.25, 0.3) is 28.1 Å². The lowest BCUT2D eigenvalue weighted by molar-refractivity contribution is -0.136. The fourth-order valence-electron chi connectivity index (χ4n) is 3.32. The summed E-state index contributed by atoms with van der Waals surface area (Å²) < 4.78 is 4.69. The van der Waals surface area contributed by atoms with E-state index >= 15 is 0 Å². The minimum Gasteiger partial charge on any atom is -0.464 e. The summed E-state index contributed by atoms with van der Waals surface area (Å²) >= 11 is 0. The minimum atomic E-state index is -0.638. The maximum Gasteiger partial charge on any atom is 0.354 e. The number of hydrogen-bond donors (Lipinski definition) is 1. The smallest absolute Gasteiger partial charge is 0.354 e. The van der Waals surface area contributed by atoms with E-state index in [0.717, 1.165) is 27.8 Å². The van der Waals surface area contributed by atoms with Gasteiger partial charge in [0.15, 0.2) is 5.82 Å². The summed E-state index contributed by atoms with van der Waals surface area (Å²) in [5.41, 5.74) is 8.53. The average molecular weight is 411 g/mol. The molecule has 4 rings (SSSR count). The Bertz CT molecular complexity index is 1260. The van der Waals surface area contributed by atoms with E-state index < -0.39 is 5.97 Å². The van der Waals surface area contributed by atoms with Crippen LogP contribution in [0.3, 0.4) is 0 Å². The van der Waals surface area contributed by atoms with Crippen LogP contribution in [0.5, 0.6) is 0 Å². The third-order valence-electron chi connectivity index (χ3n) is 4.82. The number of esters is 1. The Labute approximate surface area is 179 Å². The number of anilines is 2. The summed E-state index contributed by atoms with van der Waals surface area (Å²) in [6, 6.07) is 21.6. The molecule has 0 aliphatic heterocycles. The first kappa shape index (κ1) is 20.0. The van der Waals surface area contributed by atoms with Crippen molar-refractivity contribution in [1.29, 1.82) is 0 Å². The predicted molar refractivity (Wildman–Crippen MR) is 121 cm³/mol. The van der Waals surface area contributed by atoms with Gasteiger partial charge in [0.05, 0.1) is 18.0 Å². The van der Waals surface area contributed by atoms with Crippen LogP contribution in [0, 0.1) is 0 Å². The molecule has 0 bridgehead atoms. The highest BCUT2D eigenvalue weighted by molar-refractivity contribution is 6.03. The van der Waals surface area contributed by atoms with Gasteiger partial charge in [-0.1, -0.05) is 48.5 Å². The van der Waals surface area contributed by atoms with Gasteiger partial charge >= 0.3 is 5.97 Å². The molecule has 31 heavy (non-hydrogen) atoms. The molecule has 0 fully saturated rings. The number of carbonyl (C=O) groups is 1. The molecule has 2 aromatic carbocycles. The van der Waals surface area contributed by atoms with Gasteiger partial charge in [-0.25, -0.2) is 19.7 Å². The number of fused-ring (bicyclic) bond motifs is 1. The Kier molecular flexibility index (Phi) is 5.57. The van der Waals surface area contributed by atoms with Crippen LogP contribution in [-0.4, -0.2) is 35.1 Å². The molecule has 2 N–H and O–H groups in total. The average Bonchev–Trinajstić information content (AvgIpc) is 2.83. The molecule has 0 saturated carbocycles. The zero-order chi connectivity index (χ0) is 21.8.